The van der Waals surface area contributed by atoms with Crippen molar-refractivity contribution in [2.24, 2.45) is 0 Å². The van der Waals surface area contributed by atoms with Gasteiger partial charge in [0.05, 0.1) is 0 Å². The molecule has 5 nitrogen and oxygen atoms in total. The number of pyridine rings is 1. The zero-order valence-electron chi connectivity index (χ0n) is 11.3. The van der Waals surface area contributed by atoms with Crippen molar-refractivity contribution in [2.75, 3.05) is 30.9 Å². The van der Waals surface area contributed by atoms with Crippen LogP contribution in [-0.4, -0.2) is 39.0 Å². The predicted octanol–water partition coefficient (Wildman–Crippen LogP) is 1.93. The Morgan fingerprint density at radius 1 is 1.26 bits per heavy atom. The van der Waals surface area contributed by atoms with Crippen molar-refractivity contribution in [1.29, 1.82) is 0 Å². The van der Waals surface area contributed by atoms with Crippen molar-refractivity contribution < 1.29 is 8.42 Å². The van der Waals surface area contributed by atoms with Crippen molar-refractivity contribution in [3.8, 4) is 0 Å². The third-order valence-electron chi connectivity index (χ3n) is 2.62. The Morgan fingerprint density at radius 3 is 2.63 bits per heavy atom. The Kier molecular flexibility index (Phi) is 7.19. The van der Waals surface area contributed by atoms with Crippen LogP contribution in [0, 0.1) is 0 Å². The minimum Gasteiger partial charge on any atom is -0.373 e. The maximum Gasteiger partial charge on any atom is 0.242 e. The molecule has 0 atom stereocenters. The van der Waals surface area contributed by atoms with Gasteiger partial charge in [-0.25, -0.2) is 18.1 Å². The van der Waals surface area contributed by atoms with Gasteiger partial charge in [-0.3, -0.25) is 0 Å². The van der Waals surface area contributed by atoms with Gasteiger partial charge < -0.3 is 5.32 Å². The molecule has 1 aromatic rings. The monoisotopic (exact) mass is 303 g/mol. The molecule has 0 saturated heterocycles. The van der Waals surface area contributed by atoms with Crippen LogP contribution in [0.4, 0.5) is 5.82 Å². The predicted molar refractivity (Wildman–Crippen MR) is 81.2 cm³/mol. The molecule has 7 heteroatoms. The summed E-state index contributed by atoms with van der Waals surface area (Å²) in [7, 11) is -1.68. The van der Waals surface area contributed by atoms with Gasteiger partial charge in [-0.05, 0) is 37.0 Å². The zero-order chi connectivity index (χ0) is 14.1. The van der Waals surface area contributed by atoms with Gasteiger partial charge in [0.15, 0.2) is 0 Å². The highest BCUT2D eigenvalue weighted by Gasteiger charge is 2.13. The summed E-state index contributed by atoms with van der Waals surface area (Å²) in [4.78, 5) is 4.20. The number of nitrogens with one attached hydrogen (secondary N) is 2. The van der Waals surface area contributed by atoms with Gasteiger partial charge in [0.2, 0.25) is 10.0 Å². The fraction of sp³-hybridized carbons (Fsp3) is 0.583. The molecule has 0 aromatic carbocycles. The highest BCUT2D eigenvalue weighted by molar-refractivity contribution is 7.98. The average molecular weight is 303 g/mol. The number of nitrogens with zero attached hydrogens (tertiary/aromatic N) is 1. The van der Waals surface area contributed by atoms with Crippen LogP contribution >= 0.6 is 11.8 Å². The molecule has 0 fully saturated rings. The lowest BCUT2D eigenvalue weighted by Gasteiger charge is -2.07. The largest absolute Gasteiger partial charge is 0.373 e. The molecule has 0 saturated carbocycles. The molecule has 0 spiro atoms. The summed E-state index contributed by atoms with van der Waals surface area (Å²) < 4.78 is 26.5. The van der Waals surface area contributed by atoms with E-state index >= 15 is 0 Å². The van der Waals surface area contributed by atoms with Crippen LogP contribution in [0.25, 0.3) is 0 Å². The van der Waals surface area contributed by atoms with Crippen LogP contribution in [0.5, 0.6) is 0 Å². The summed E-state index contributed by atoms with van der Waals surface area (Å²) in [6.45, 7) is 0.477. The van der Waals surface area contributed by atoms with Gasteiger partial charge in [-0.2, -0.15) is 11.8 Å². The van der Waals surface area contributed by atoms with E-state index in [1.807, 2.05) is 11.8 Å². The lowest BCUT2D eigenvalue weighted by atomic mass is 10.2. The van der Waals surface area contributed by atoms with Gasteiger partial charge >= 0.3 is 0 Å². The quantitative estimate of drug-likeness (QED) is 0.682. The molecule has 0 radical (unpaired) electrons. The topological polar surface area (TPSA) is 71.1 Å². The second-order valence-corrected chi connectivity index (χ2v) is 6.83. The number of thioether (sulfide) groups is 1. The average Bonchev–Trinajstić information content (AvgIpc) is 2.43. The van der Waals surface area contributed by atoms with Gasteiger partial charge in [0.25, 0.3) is 0 Å². The van der Waals surface area contributed by atoms with Gasteiger partial charge in [-0.15, -0.1) is 0 Å². The Balaban J connectivity index is 2.42. The first-order valence-corrected chi connectivity index (χ1v) is 9.10. The minimum atomic E-state index is -3.42. The van der Waals surface area contributed by atoms with Crippen LogP contribution in [0.2, 0.25) is 0 Å². The standard InChI is InChI=1S/C12H21N3O2S2/c1-13-12-7-6-11(10-14-12)19(16,17)15-8-4-3-5-9-18-2/h6-7,10,15H,3-5,8-9H2,1-2H3,(H,13,14). The zero-order valence-corrected chi connectivity index (χ0v) is 13.0. The second kappa shape index (κ2) is 8.39. The highest BCUT2D eigenvalue weighted by Crippen LogP contribution is 2.10. The number of unbranched alkanes of at least 4 members (excludes halogenated alkanes) is 2. The second-order valence-electron chi connectivity index (χ2n) is 4.08. The van der Waals surface area contributed by atoms with E-state index in [1.54, 1.807) is 19.2 Å². The van der Waals surface area contributed by atoms with E-state index in [2.05, 4.69) is 21.3 Å². The summed E-state index contributed by atoms with van der Waals surface area (Å²) in [5.41, 5.74) is 0. The summed E-state index contributed by atoms with van der Waals surface area (Å²) in [5.74, 6) is 1.78. The SMILES string of the molecule is CNc1ccc(S(=O)(=O)NCCCCCSC)cn1. The van der Waals surface area contributed by atoms with Crippen molar-refractivity contribution >= 4 is 27.6 Å². The molecule has 108 valence electrons. The fourth-order valence-corrected chi connectivity index (χ4v) is 3.04. The van der Waals surface area contributed by atoms with Crippen LogP contribution in [0.15, 0.2) is 23.2 Å². The molecular formula is C12H21N3O2S2. The molecule has 1 heterocycles. The first kappa shape index (κ1) is 16.3. The van der Waals surface area contributed by atoms with Gasteiger partial charge in [-0.1, -0.05) is 6.42 Å². The summed E-state index contributed by atoms with van der Waals surface area (Å²) >= 11 is 1.81. The molecule has 0 aliphatic rings. The molecule has 19 heavy (non-hydrogen) atoms. The van der Waals surface area contributed by atoms with E-state index in [-0.39, 0.29) is 4.90 Å². The van der Waals surface area contributed by atoms with Crippen molar-refractivity contribution in [1.82, 2.24) is 9.71 Å². The minimum absolute atomic E-state index is 0.204. The molecule has 2 N–H and O–H groups in total. The van der Waals surface area contributed by atoms with E-state index in [0.717, 1.165) is 25.0 Å². The van der Waals surface area contributed by atoms with Crippen LogP contribution < -0.4 is 10.0 Å². The third-order valence-corrected chi connectivity index (χ3v) is 4.76. The first-order valence-electron chi connectivity index (χ1n) is 6.22. The number of hydrogen-bond acceptors (Lipinski definition) is 5. The van der Waals surface area contributed by atoms with E-state index < -0.39 is 10.0 Å². The molecule has 0 unspecified atom stereocenters. The lowest BCUT2D eigenvalue weighted by molar-refractivity contribution is 0.576. The van der Waals surface area contributed by atoms with Gasteiger partial charge in [0, 0.05) is 19.8 Å². The van der Waals surface area contributed by atoms with E-state index in [1.165, 1.54) is 6.20 Å². The Hall–Kier alpha value is -0.790. The number of rotatable bonds is 9. The van der Waals surface area contributed by atoms with E-state index in [4.69, 9.17) is 0 Å². The number of aromatic nitrogens is 1. The Bertz CT molecular complexity index is 460. The van der Waals surface area contributed by atoms with Crippen molar-refractivity contribution in [3.63, 3.8) is 0 Å². The Labute approximate surface area is 119 Å². The number of anilines is 1. The summed E-state index contributed by atoms with van der Waals surface area (Å²) in [6.07, 6.45) is 6.47. The van der Waals surface area contributed by atoms with E-state index in [0.29, 0.717) is 12.4 Å². The molecule has 1 rings (SSSR count). The molecule has 0 aliphatic carbocycles. The normalized spacial score (nSPS) is 11.5. The van der Waals surface area contributed by atoms with Crippen LogP contribution in [0.3, 0.4) is 0 Å². The summed E-state index contributed by atoms with van der Waals surface area (Å²) in [6, 6.07) is 3.20. The van der Waals surface area contributed by atoms with Crippen LogP contribution in [0.1, 0.15) is 19.3 Å². The molecule has 0 amide bonds. The molecular weight excluding hydrogens is 282 g/mol. The highest BCUT2D eigenvalue weighted by atomic mass is 32.2. The smallest absolute Gasteiger partial charge is 0.242 e. The Morgan fingerprint density at radius 2 is 2.05 bits per heavy atom. The third kappa shape index (κ3) is 5.80. The van der Waals surface area contributed by atoms with Gasteiger partial charge in [0.1, 0.15) is 10.7 Å². The first-order chi connectivity index (χ1) is 9.10. The van der Waals surface area contributed by atoms with Crippen molar-refractivity contribution in [2.45, 2.75) is 24.2 Å². The molecule has 0 aliphatic heterocycles. The summed E-state index contributed by atoms with van der Waals surface area (Å²) in [5, 5.41) is 2.85. The molecule has 0 bridgehead atoms. The number of hydrogen-bond donors (Lipinski definition) is 2. The maximum atomic E-state index is 11.9. The van der Waals surface area contributed by atoms with E-state index in [9.17, 15) is 8.42 Å². The van der Waals surface area contributed by atoms with Crippen LogP contribution in [-0.2, 0) is 10.0 Å². The van der Waals surface area contributed by atoms with Crippen molar-refractivity contribution in [3.05, 3.63) is 18.3 Å². The fourth-order valence-electron chi connectivity index (χ4n) is 1.53. The lowest BCUT2D eigenvalue weighted by Crippen LogP contribution is -2.25. The number of sulfonamides is 1. The maximum absolute atomic E-state index is 11.9. The molecule has 1 aromatic heterocycles.